The van der Waals surface area contributed by atoms with Crippen molar-refractivity contribution in [3.05, 3.63) is 23.3 Å². The molecule has 4 heteroatoms. The van der Waals surface area contributed by atoms with Gasteiger partial charge in [0, 0.05) is 11.6 Å². The summed E-state index contributed by atoms with van der Waals surface area (Å²) < 4.78 is 5.06. The third-order valence-electron chi connectivity index (χ3n) is 2.93. The standard InChI is InChI=1S/C12H14N2O2/c1-16-10-5-4-8(7-13)11(12(10)15)9-3-2-6-14-9/h4-5,9,14-15H,2-3,6H2,1H3/t9-/m1/s1. The van der Waals surface area contributed by atoms with Gasteiger partial charge in [-0.25, -0.2) is 0 Å². The van der Waals surface area contributed by atoms with E-state index in [1.54, 1.807) is 12.1 Å². The van der Waals surface area contributed by atoms with E-state index >= 15 is 0 Å². The minimum atomic E-state index is 0.0600. The van der Waals surface area contributed by atoms with Gasteiger partial charge in [0.1, 0.15) is 0 Å². The fraction of sp³-hybridized carbons (Fsp3) is 0.417. The molecule has 0 bridgehead atoms. The van der Waals surface area contributed by atoms with Gasteiger partial charge in [0.2, 0.25) is 0 Å². The van der Waals surface area contributed by atoms with E-state index in [4.69, 9.17) is 10.00 Å². The Morgan fingerprint density at radius 1 is 1.56 bits per heavy atom. The van der Waals surface area contributed by atoms with E-state index in [1.165, 1.54) is 7.11 Å². The van der Waals surface area contributed by atoms with Crippen LogP contribution in [0.25, 0.3) is 0 Å². The van der Waals surface area contributed by atoms with Gasteiger partial charge >= 0.3 is 0 Å². The van der Waals surface area contributed by atoms with Gasteiger partial charge in [-0.1, -0.05) is 0 Å². The molecule has 0 radical (unpaired) electrons. The molecular formula is C12H14N2O2. The number of nitrogens with one attached hydrogen (secondary N) is 1. The zero-order valence-electron chi connectivity index (χ0n) is 9.16. The minimum Gasteiger partial charge on any atom is -0.504 e. The van der Waals surface area contributed by atoms with Gasteiger partial charge in [0.15, 0.2) is 11.5 Å². The first-order valence-corrected chi connectivity index (χ1v) is 5.31. The second kappa shape index (κ2) is 4.42. The van der Waals surface area contributed by atoms with E-state index in [1.807, 2.05) is 0 Å². The lowest BCUT2D eigenvalue weighted by Gasteiger charge is -2.16. The second-order valence-corrected chi connectivity index (χ2v) is 3.84. The zero-order chi connectivity index (χ0) is 11.5. The van der Waals surface area contributed by atoms with Crippen molar-refractivity contribution in [1.82, 2.24) is 5.32 Å². The third kappa shape index (κ3) is 1.70. The molecule has 0 amide bonds. The summed E-state index contributed by atoms with van der Waals surface area (Å²) in [4.78, 5) is 0. The number of nitriles is 1. The Labute approximate surface area is 94.5 Å². The number of aromatic hydroxyl groups is 1. The SMILES string of the molecule is COc1ccc(C#N)c([C@H]2CCCN2)c1O. The van der Waals surface area contributed by atoms with E-state index in [9.17, 15) is 5.11 Å². The summed E-state index contributed by atoms with van der Waals surface area (Å²) in [5.74, 6) is 0.503. The van der Waals surface area contributed by atoms with Crippen LogP contribution in [0.3, 0.4) is 0 Å². The van der Waals surface area contributed by atoms with Crippen LogP contribution in [-0.4, -0.2) is 18.8 Å². The van der Waals surface area contributed by atoms with Crippen LogP contribution < -0.4 is 10.1 Å². The molecule has 1 fully saturated rings. The van der Waals surface area contributed by atoms with Gasteiger partial charge in [-0.2, -0.15) is 5.26 Å². The molecule has 0 spiro atoms. The van der Waals surface area contributed by atoms with Crippen molar-refractivity contribution in [2.75, 3.05) is 13.7 Å². The molecule has 0 aromatic heterocycles. The fourth-order valence-electron chi connectivity index (χ4n) is 2.13. The van der Waals surface area contributed by atoms with E-state index in [-0.39, 0.29) is 11.8 Å². The molecule has 1 aliphatic heterocycles. The zero-order valence-corrected chi connectivity index (χ0v) is 9.16. The van der Waals surface area contributed by atoms with Gasteiger partial charge in [-0.3, -0.25) is 0 Å². The van der Waals surface area contributed by atoms with Crippen LogP contribution in [0.15, 0.2) is 12.1 Å². The first kappa shape index (κ1) is 10.8. The molecule has 1 heterocycles. The normalized spacial score (nSPS) is 19.4. The Morgan fingerprint density at radius 3 is 2.94 bits per heavy atom. The Balaban J connectivity index is 2.50. The Hall–Kier alpha value is -1.73. The average molecular weight is 218 g/mol. The highest BCUT2D eigenvalue weighted by molar-refractivity contribution is 5.55. The van der Waals surface area contributed by atoms with Crippen LogP contribution in [0.4, 0.5) is 0 Å². The van der Waals surface area contributed by atoms with Gasteiger partial charge in [0.25, 0.3) is 0 Å². The number of nitrogens with zero attached hydrogens (tertiary/aromatic N) is 1. The molecule has 1 aromatic carbocycles. The molecular weight excluding hydrogens is 204 g/mol. The molecule has 1 aliphatic rings. The quantitative estimate of drug-likeness (QED) is 0.793. The van der Waals surface area contributed by atoms with E-state index in [0.717, 1.165) is 19.4 Å². The van der Waals surface area contributed by atoms with E-state index in [2.05, 4.69) is 11.4 Å². The van der Waals surface area contributed by atoms with Crippen LogP contribution in [0.2, 0.25) is 0 Å². The molecule has 0 unspecified atom stereocenters. The summed E-state index contributed by atoms with van der Waals surface area (Å²) in [5, 5.41) is 22.4. The maximum atomic E-state index is 10.0. The number of hydrogen-bond donors (Lipinski definition) is 2. The molecule has 2 rings (SSSR count). The number of phenolic OH excluding ortho intramolecular Hbond substituents is 1. The highest BCUT2D eigenvalue weighted by Gasteiger charge is 2.24. The highest BCUT2D eigenvalue weighted by Crippen LogP contribution is 2.38. The molecule has 2 N–H and O–H groups in total. The van der Waals surface area contributed by atoms with Crippen molar-refractivity contribution < 1.29 is 9.84 Å². The number of rotatable bonds is 2. The summed E-state index contributed by atoms with van der Waals surface area (Å²) in [6.45, 7) is 0.923. The van der Waals surface area contributed by atoms with Crippen molar-refractivity contribution in [2.24, 2.45) is 0 Å². The predicted molar refractivity (Wildman–Crippen MR) is 59.4 cm³/mol. The molecule has 16 heavy (non-hydrogen) atoms. The molecule has 1 aromatic rings. The summed E-state index contributed by atoms with van der Waals surface area (Å²) in [7, 11) is 1.51. The summed E-state index contributed by atoms with van der Waals surface area (Å²) in [6, 6.07) is 5.47. The third-order valence-corrected chi connectivity index (χ3v) is 2.93. The molecule has 84 valence electrons. The largest absolute Gasteiger partial charge is 0.504 e. The molecule has 0 saturated carbocycles. The van der Waals surface area contributed by atoms with E-state index in [0.29, 0.717) is 16.9 Å². The Kier molecular flexibility index (Phi) is 2.97. The van der Waals surface area contributed by atoms with Gasteiger partial charge < -0.3 is 15.2 Å². The van der Waals surface area contributed by atoms with Crippen molar-refractivity contribution in [3.8, 4) is 17.6 Å². The lowest BCUT2D eigenvalue weighted by Crippen LogP contribution is -2.14. The van der Waals surface area contributed by atoms with Crippen LogP contribution in [-0.2, 0) is 0 Å². The number of methoxy groups -OCH3 is 1. The van der Waals surface area contributed by atoms with Crippen molar-refractivity contribution in [2.45, 2.75) is 18.9 Å². The number of phenols is 1. The topological polar surface area (TPSA) is 65.3 Å². The smallest absolute Gasteiger partial charge is 0.163 e. The summed E-state index contributed by atoms with van der Waals surface area (Å²) >= 11 is 0. The number of benzene rings is 1. The van der Waals surface area contributed by atoms with Crippen molar-refractivity contribution >= 4 is 0 Å². The molecule has 0 aliphatic carbocycles. The van der Waals surface area contributed by atoms with Crippen molar-refractivity contribution in [3.63, 3.8) is 0 Å². The summed E-state index contributed by atoms with van der Waals surface area (Å²) in [5.41, 5.74) is 1.18. The van der Waals surface area contributed by atoms with Crippen LogP contribution >= 0.6 is 0 Å². The van der Waals surface area contributed by atoms with Crippen molar-refractivity contribution in [1.29, 1.82) is 5.26 Å². The Morgan fingerprint density at radius 2 is 2.38 bits per heavy atom. The lowest BCUT2D eigenvalue weighted by atomic mass is 9.98. The highest BCUT2D eigenvalue weighted by atomic mass is 16.5. The second-order valence-electron chi connectivity index (χ2n) is 3.84. The number of ether oxygens (including phenoxy) is 1. The molecule has 4 nitrogen and oxygen atoms in total. The fourth-order valence-corrected chi connectivity index (χ4v) is 2.13. The monoisotopic (exact) mass is 218 g/mol. The minimum absolute atomic E-state index is 0.0600. The number of hydrogen-bond acceptors (Lipinski definition) is 4. The lowest BCUT2D eigenvalue weighted by molar-refractivity contribution is 0.367. The first-order valence-electron chi connectivity index (χ1n) is 5.31. The first-order chi connectivity index (χ1) is 7.77. The van der Waals surface area contributed by atoms with Gasteiger partial charge in [-0.05, 0) is 31.5 Å². The van der Waals surface area contributed by atoms with Gasteiger partial charge in [0.05, 0.1) is 18.7 Å². The Bertz CT molecular complexity index is 431. The van der Waals surface area contributed by atoms with Crippen LogP contribution in [0.5, 0.6) is 11.5 Å². The summed E-state index contributed by atoms with van der Waals surface area (Å²) in [6.07, 6.45) is 2.00. The molecule has 1 saturated heterocycles. The predicted octanol–water partition coefficient (Wildman–Crippen LogP) is 1.70. The average Bonchev–Trinajstić information content (AvgIpc) is 2.81. The maximum absolute atomic E-state index is 10.0. The van der Waals surface area contributed by atoms with Crippen LogP contribution in [0, 0.1) is 11.3 Å². The van der Waals surface area contributed by atoms with E-state index < -0.39 is 0 Å². The molecule has 1 atom stereocenters. The maximum Gasteiger partial charge on any atom is 0.163 e. The van der Waals surface area contributed by atoms with Crippen LogP contribution in [0.1, 0.15) is 30.0 Å². The van der Waals surface area contributed by atoms with Gasteiger partial charge in [-0.15, -0.1) is 0 Å².